The Morgan fingerprint density at radius 1 is 0.905 bits per heavy atom. The van der Waals surface area contributed by atoms with E-state index in [4.69, 9.17) is 6.42 Å². The lowest BCUT2D eigenvalue weighted by Crippen LogP contribution is -2.69. The molecule has 1 unspecified atom stereocenters. The lowest BCUT2D eigenvalue weighted by molar-refractivity contribution is 0.730. The van der Waals surface area contributed by atoms with Gasteiger partial charge in [0.25, 0.3) is 0 Å². The van der Waals surface area contributed by atoms with E-state index in [0.717, 1.165) is 0 Å². The molecule has 0 saturated heterocycles. The van der Waals surface area contributed by atoms with Crippen LogP contribution >= 0.6 is 15.9 Å². The average Bonchev–Trinajstić information content (AvgIpc) is 2.48. The number of hydrogen-bond donors (Lipinski definition) is 0. The predicted molar refractivity (Wildman–Crippen MR) is 99.2 cm³/mol. The second-order valence-corrected chi connectivity index (χ2v) is 12.9. The first-order chi connectivity index (χ1) is 9.94. The first kappa shape index (κ1) is 16.1. The third-order valence-corrected chi connectivity index (χ3v) is 12.3. The molecule has 108 valence electrons. The van der Waals surface area contributed by atoms with Gasteiger partial charge >= 0.3 is 0 Å². The van der Waals surface area contributed by atoms with Gasteiger partial charge in [0.2, 0.25) is 0 Å². The fourth-order valence-corrected chi connectivity index (χ4v) is 12.0. The van der Waals surface area contributed by atoms with Gasteiger partial charge in [-0.05, 0) is 5.04 Å². The molecule has 2 aromatic rings. The summed E-state index contributed by atoms with van der Waals surface area (Å²) >= 11 is 3.84. The molecule has 0 amide bonds. The molecule has 0 aromatic heterocycles. The van der Waals surface area contributed by atoms with Crippen LogP contribution in [0.1, 0.15) is 20.8 Å². The molecule has 0 fully saturated rings. The summed E-state index contributed by atoms with van der Waals surface area (Å²) in [5.74, 6) is 2.99. The number of rotatable bonds is 3. The van der Waals surface area contributed by atoms with Crippen LogP contribution in [0.4, 0.5) is 0 Å². The summed E-state index contributed by atoms with van der Waals surface area (Å²) in [6.45, 7) is 6.93. The maximum atomic E-state index is 5.87. The largest absolute Gasteiger partial charge is 0.150 e. The number of benzene rings is 2. The maximum absolute atomic E-state index is 5.87. The molecule has 0 radical (unpaired) electrons. The first-order valence-corrected chi connectivity index (χ1v) is 10.1. The van der Waals surface area contributed by atoms with E-state index < -0.39 is 8.07 Å². The Hall–Kier alpha value is -1.30. The van der Waals surface area contributed by atoms with E-state index in [9.17, 15) is 0 Å². The highest BCUT2D eigenvalue weighted by molar-refractivity contribution is 9.10. The Labute approximate surface area is 137 Å². The molecular formula is C19H21BrSi. The fourth-order valence-electron chi connectivity index (χ4n) is 3.23. The second kappa shape index (κ2) is 6.21. The highest BCUT2D eigenvalue weighted by atomic mass is 79.9. The Bertz CT molecular complexity index is 581. The van der Waals surface area contributed by atoms with Gasteiger partial charge < -0.3 is 0 Å². The molecule has 0 bridgehead atoms. The van der Waals surface area contributed by atoms with Gasteiger partial charge in [-0.15, -0.1) is 6.42 Å². The number of hydrogen-bond acceptors (Lipinski definition) is 0. The predicted octanol–water partition coefficient (Wildman–Crippen LogP) is 3.99. The molecule has 2 heteroatoms. The molecule has 1 atom stereocenters. The van der Waals surface area contributed by atoms with Crippen molar-refractivity contribution in [2.24, 2.45) is 0 Å². The Morgan fingerprint density at radius 3 is 1.57 bits per heavy atom. The number of terminal acetylenes is 1. The van der Waals surface area contributed by atoms with Crippen LogP contribution in [0.5, 0.6) is 0 Å². The van der Waals surface area contributed by atoms with Crippen LogP contribution in [-0.4, -0.2) is 12.5 Å². The van der Waals surface area contributed by atoms with Crippen molar-refractivity contribution in [3.63, 3.8) is 0 Å². The van der Waals surface area contributed by atoms with Gasteiger partial charge in [-0.1, -0.05) is 114 Å². The monoisotopic (exact) mass is 356 g/mol. The molecule has 0 heterocycles. The van der Waals surface area contributed by atoms with Gasteiger partial charge in [-0.25, -0.2) is 0 Å². The van der Waals surface area contributed by atoms with Gasteiger partial charge in [0.15, 0.2) is 0 Å². The summed E-state index contributed by atoms with van der Waals surface area (Å²) in [6.07, 6.45) is 5.87. The molecule has 0 aliphatic carbocycles. The van der Waals surface area contributed by atoms with Crippen LogP contribution < -0.4 is 10.4 Å². The molecular weight excluding hydrogens is 336 g/mol. The Morgan fingerprint density at radius 2 is 1.29 bits per heavy atom. The Balaban J connectivity index is 2.83. The zero-order valence-corrected chi connectivity index (χ0v) is 15.4. The normalized spacial score (nSPS) is 13.5. The lowest BCUT2D eigenvalue weighted by Gasteiger charge is -2.45. The van der Waals surface area contributed by atoms with Gasteiger partial charge in [-0.3, -0.25) is 0 Å². The van der Waals surface area contributed by atoms with E-state index in [1.54, 1.807) is 0 Å². The molecule has 0 N–H and O–H groups in total. The number of halogens is 1. The van der Waals surface area contributed by atoms with E-state index in [-0.39, 0.29) is 9.49 Å². The molecule has 0 aliphatic rings. The van der Waals surface area contributed by atoms with Gasteiger partial charge in [0.05, 0.1) is 4.45 Å². The average molecular weight is 357 g/mol. The van der Waals surface area contributed by atoms with Gasteiger partial charge in [0, 0.05) is 0 Å². The third-order valence-electron chi connectivity index (χ3n) is 4.17. The minimum Gasteiger partial charge on any atom is -0.119 e. The molecule has 0 saturated carbocycles. The molecule has 21 heavy (non-hydrogen) atoms. The van der Waals surface area contributed by atoms with Crippen LogP contribution in [0, 0.1) is 12.3 Å². The van der Waals surface area contributed by atoms with Crippen molar-refractivity contribution in [3.05, 3.63) is 60.7 Å². The van der Waals surface area contributed by atoms with Crippen molar-refractivity contribution < 1.29 is 0 Å². The maximum Gasteiger partial charge on any atom is 0.150 e. The summed E-state index contributed by atoms with van der Waals surface area (Å²) in [6, 6.07) is 21.5. The minimum atomic E-state index is -2.17. The standard InChI is InChI=1S/C19H21BrSi/c1-5-18(20)21(19(2,3)4,16-12-8-6-9-13-16)17-14-10-7-11-15-17/h1,6-15,18H,2-4H3. The van der Waals surface area contributed by atoms with Crippen LogP contribution in [0.25, 0.3) is 0 Å². The zero-order valence-electron chi connectivity index (χ0n) is 12.8. The van der Waals surface area contributed by atoms with E-state index in [0.29, 0.717) is 0 Å². The molecule has 2 aromatic carbocycles. The van der Waals surface area contributed by atoms with Crippen molar-refractivity contribution in [2.45, 2.75) is 30.3 Å². The van der Waals surface area contributed by atoms with Crippen LogP contribution in [0.2, 0.25) is 5.04 Å². The molecule has 2 rings (SSSR count). The van der Waals surface area contributed by atoms with E-state index in [2.05, 4.69) is 103 Å². The summed E-state index contributed by atoms with van der Waals surface area (Å²) in [4.78, 5) is 0. The van der Waals surface area contributed by atoms with Crippen LogP contribution in [-0.2, 0) is 0 Å². The molecule has 0 spiro atoms. The second-order valence-electron chi connectivity index (χ2n) is 6.32. The SMILES string of the molecule is C#CC(Br)[Si](c1ccccc1)(c1ccccc1)C(C)(C)C. The van der Waals surface area contributed by atoms with Crippen molar-refractivity contribution in [1.82, 2.24) is 0 Å². The van der Waals surface area contributed by atoms with E-state index in [1.165, 1.54) is 10.4 Å². The summed E-state index contributed by atoms with van der Waals surface area (Å²) in [7, 11) is -2.17. The van der Waals surface area contributed by atoms with Crippen molar-refractivity contribution >= 4 is 34.4 Å². The van der Waals surface area contributed by atoms with Crippen molar-refractivity contribution in [2.75, 3.05) is 0 Å². The van der Waals surface area contributed by atoms with Crippen LogP contribution in [0.15, 0.2) is 60.7 Å². The Kier molecular flexibility index (Phi) is 4.76. The highest BCUT2D eigenvalue weighted by Crippen LogP contribution is 2.40. The van der Waals surface area contributed by atoms with E-state index >= 15 is 0 Å². The van der Waals surface area contributed by atoms with Crippen LogP contribution in [0.3, 0.4) is 0 Å². The topological polar surface area (TPSA) is 0 Å². The quantitative estimate of drug-likeness (QED) is 0.443. The lowest BCUT2D eigenvalue weighted by atomic mass is 10.2. The van der Waals surface area contributed by atoms with Gasteiger partial charge in [0.1, 0.15) is 8.07 Å². The van der Waals surface area contributed by atoms with Crippen molar-refractivity contribution in [3.8, 4) is 12.3 Å². The third kappa shape index (κ3) is 2.73. The van der Waals surface area contributed by atoms with Crippen molar-refractivity contribution in [1.29, 1.82) is 0 Å². The summed E-state index contributed by atoms with van der Waals surface area (Å²) in [5.41, 5.74) is 0. The van der Waals surface area contributed by atoms with E-state index in [1.807, 2.05) is 0 Å². The smallest absolute Gasteiger partial charge is 0.119 e. The zero-order chi connectivity index (χ0) is 15.5. The highest BCUT2D eigenvalue weighted by Gasteiger charge is 2.52. The fraction of sp³-hybridized carbons (Fsp3) is 0.263. The summed E-state index contributed by atoms with van der Waals surface area (Å²) < 4.78 is 0.0507. The first-order valence-electron chi connectivity index (χ1n) is 7.16. The summed E-state index contributed by atoms with van der Waals surface area (Å²) in [5, 5.41) is 2.85. The van der Waals surface area contributed by atoms with Gasteiger partial charge in [-0.2, -0.15) is 0 Å². The molecule has 0 nitrogen and oxygen atoms in total. The minimum absolute atomic E-state index is 0.0507. The molecule has 0 aliphatic heterocycles. The number of alkyl halides is 1.